The monoisotopic (exact) mass is 239 g/mol. The third-order valence-electron chi connectivity index (χ3n) is 2.26. The first-order valence-electron chi connectivity index (χ1n) is 5.22. The van der Waals surface area contributed by atoms with Crippen LogP contribution in [0.3, 0.4) is 0 Å². The van der Waals surface area contributed by atoms with E-state index in [0.29, 0.717) is 0 Å². The van der Waals surface area contributed by atoms with Gasteiger partial charge in [0.05, 0.1) is 12.0 Å². The van der Waals surface area contributed by atoms with E-state index in [-0.39, 0.29) is 5.92 Å². The Hall–Kier alpha value is -1.16. The molecule has 0 aliphatic carbocycles. The van der Waals surface area contributed by atoms with Gasteiger partial charge in [-0.1, -0.05) is 18.3 Å². The highest BCUT2D eigenvalue weighted by molar-refractivity contribution is 7.15. The van der Waals surface area contributed by atoms with Gasteiger partial charge in [-0.05, 0) is 13.5 Å². The number of hydrogen-bond acceptors (Lipinski definition) is 6. The molecule has 6 heteroatoms. The van der Waals surface area contributed by atoms with Crippen molar-refractivity contribution in [2.24, 2.45) is 11.8 Å². The molecule has 0 bridgehead atoms. The Morgan fingerprint density at radius 3 is 3.00 bits per heavy atom. The van der Waals surface area contributed by atoms with Gasteiger partial charge in [-0.2, -0.15) is 5.26 Å². The molecule has 1 heterocycles. The molecule has 1 aromatic rings. The molecule has 3 N–H and O–H groups in total. The quantitative estimate of drug-likeness (QED) is 0.579. The number of nitrogen functional groups attached to an aromatic ring is 1. The molecule has 1 unspecified atom stereocenters. The van der Waals surface area contributed by atoms with E-state index in [9.17, 15) is 0 Å². The SMILES string of the molecule is CCN(Cc1cnc(NN)s1)CC(C)C#N. The first-order chi connectivity index (χ1) is 7.69. The van der Waals surface area contributed by atoms with E-state index in [1.54, 1.807) is 0 Å². The van der Waals surface area contributed by atoms with Crippen LogP contribution in [0.5, 0.6) is 0 Å². The lowest BCUT2D eigenvalue weighted by Crippen LogP contribution is -2.27. The highest BCUT2D eigenvalue weighted by Gasteiger charge is 2.10. The third-order valence-corrected chi connectivity index (χ3v) is 3.17. The minimum Gasteiger partial charge on any atom is -0.300 e. The zero-order valence-corrected chi connectivity index (χ0v) is 10.4. The Labute approximate surface area is 99.9 Å². The van der Waals surface area contributed by atoms with Gasteiger partial charge in [-0.3, -0.25) is 10.3 Å². The van der Waals surface area contributed by atoms with E-state index in [1.165, 1.54) is 11.3 Å². The van der Waals surface area contributed by atoms with Crippen LogP contribution in [0.4, 0.5) is 5.13 Å². The van der Waals surface area contributed by atoms with Crippen molar-refractivity contribution in [2.45, 2.75) is 20.4 Å². The van der Waals surface area contributed by atoms with E-state index in [1.807, 2.05) is 13.1 Å². The summed E-state index contributed by atoms with van der Waals surface area (Å²) in [6.45, 7) is 6.56. The Morgan fingerprint density at radius 2 is 2.50 bits per heavy atom. The molecule has 0 fully saturated rings. The molecule has 0 amide bonds. The molecule has 0 spiro atoms. The minimum atomic E-state index is 0.0555. The summed E-state index contributed by atoms with van der Waals surface area (Å²) in [5, 5.41) is 9.50. The molecule has 0 aromatic carbocycles. The molecule has 1 rings (SSSR count). The van der Waals surface area contributed by atoms with E-state index >= 15 is 0 Å². The summed E-state index contributed by atoms with van der Waals surface area (Å²) in [7, 11) is 0. The fraction of sp³-hybridized carbons (Fsp3) is 0.600. The van der Waals surface area contributed by atoms with Crippen LogP contribution in [0.2, 0.25) is 0 Å². The molecule has 16 heavy (non-hydrogen) atoms. The maximum absolute atomic E-state index is 8.77. The largest absolute Gasteiger partial charge is 0.300 e. The normalized spacial score (nSPS) is 12.4. The molecule has 0 saturated carbocycles. The first kappa shape index (κ1) is 12.9. The number of nitrogens with one attached hydrogen (secondary N) is 1. The van der Waals surface area contributed by atoms with Crippen molar-refractivity contribution in [2.75, 3.05) is 18.5 Å². The third kappa shape index (κ3) is 3.77. The zero-order valence-electron chi connectivity index (χ0n) is 9.60. The zero-order chi connectivity index (χ0) is 12.0. The highest BCUT2D eigenvalue weighted by Crippen LogP contribution is 2.18. The van der Waals surface area contributed by atoms with Gasteiger partial charge >= 0.3 is 0 Å². The van der Waals surface area contributed by atoms with Gasteiger partial charge in [0.15, 0.2) is 5.13 Å². The lowest BCUT2D eigenvalue weighted by molar-refractivity contribution is 0.262. The lowest BCUT2D eigenvalue weighted by atomic mass is 10.2. The molecule has 0 aliphatic heterocycles. The Morgan fingerprint density at radius 1 is 1.75 bits per heavy atom. The molecule has 0 saturated heterocycles. The van der Waals surface area contributed by atoms with Crippen molar-refractivity contribution in [3.8, 4) is 6.07 Å². The van der Waals surface area contributed by atoms with Gasteiger partial charge in [0.1, 0.15) is 0 Å². The van der Waals surface area contributed by atoms with Crippen LogP contribution in [-0.2, 0) is 6.54 Å². The summed E-state index contributed by atoms with van der Waals surface area (Å²) in [4.78, 5) is 7.49. The van der Waals surface area contributed by atoms with Crippen molar-refractivity contribution in [3.05, 3.63) is 11.1 Å². The van der Waals surface area contributed by atoms with Gasteiger partial charge in [0.2, 0.25) is 0 Å². The van der Waals surface area contributed by atoms with Crippen LogP contribution in [-0.4, -0.2) is 23.0 Å². The van der Waals surface area contributed by atoms with E-state index in [0.717, 1.165) is 29.6 Å². The van der Waals surface area contributed by atoms with Crippen molar-refractivity contribution in [1.82, 2.24) is 9.88 Å². The van der Waals surface area contributed by atoms with Crippen molar-refractivity contribution >= 4 is 16.5 Å². The fourth-order valence-corrected chi connectivity index (χ4v) is 2.17. The van der Waals surface area contributed by atoms with Crippen LogP contribution in [0, 0.1) is 17.2 Å². The van der Waals surface area contributed by atoms with Crippen LogP contribution in [0.25, 0.3) is 0 Å². The van der Waals surface area contributed by atoms with Crippen molar-refractivity contribution in [3.63, 3.8) is 0 Å². The summed E-state index contributed by atoms with van der Waals surface area (Å²) < 4.78 is 0. The van der Waals surface area contributed by atoms with Gasteiger partial charge in [-0.25, -0.2) is 10.8 Å². The molecule has 88 valence electrons. The molecule has 1 atom stereocenters. The summed E-state index contributed by atoms with van der Waals surface area (Å²) in [5.41, 5.74) is 2.53. The van der Waals surface area contributed by atoms with Gasteiger partial charge in [0.25, 0.3) is 0 Å². The summed E-state index contributed by atoms with van der Waals surface area (Å²) in [6, 6.07) is 2.25. The topological polar surface area (TPSA) is 78.0 Å². The van der Waals surface area contributed by atoms with Gasteiger partial charge < -0.3 is 0 Å². The predicted octanol–water partition coefficient (Wildman–Crippen LogP) is 1.41. The molecule has 0 aliphatic rings. The van der Waals surface area contributed by atoms with Gasteiger partial charge in [-0.15, -0.1) is 0 Å². The predicted molar refractivity (Wildman–Crippen MR) is 65.7 cm³/mol. The molecular weight excluding hydrogens is 222 g/mol. The summed E-state index contributed by atoms with van der Waals surface area (Å²) in [5.74, 6) is 5.33. The number of thiazole rings is 1. The summed E-state index contributed by atoms with van der Waals surface area (Å²) >= 11 is 1.54. The average Bonchev–Trinajstić information content (AvgIpc) is 2.75. The summed E-state index contributed by atoms with van der Waals surface area (Å²) in [6.07, 6.45) is 1.82. The number of rotatable bonds is 6. The van der Waals surface area contributed by atoms with E-state index in [2.05, 4.69) is 28.3 Å². The van der Waals surface area contributed by atoms with E-state index in [4.69, 9.17) is 11.1 Å². The van der Waals surface area contributed by atoms with E-state index < -0.39 is 0 Å². The second-order valence-electron chi connectivity index (χ2n) is 3.63. The Bertz CT molecular complexity index is 356. The number of anilines is 1. The average molecular weight is 239 g/mol. The molecule has 0 radical (unpaired) electrons. The maximum atomic E-state index is 8.77. The number of nitriles is 1. The first-order valence-corrected chi connectivity index (χ1v) is 6.04. The van der Waals surface area contributed by atoms with Crippen molar-refractivity contribution < 1.29 is 0 Å². The number of hydrogen-bond donors (Lipinski definition) is 2. The lowest BCUT2D eigenvalue weighted by Gasteiger charge is -2.20. The van der Waals surface area contributed by atoms with Crippen LogP contribution in [0.15, 0.2) is 6.20 Å². The van der Waals surface area contributed by atoms with Crippen LogP contribution < -0.4 is 11.3 Å². The number of aromatic nitrogens is 1. The van der Waals surface area contributed by atoms with Crippen LogP contribution in [0.1, 0.15) is 18.7 Å². The smallest absolute Gasteiger partial charge is 0.197 e. The highest BCUT2D eigenvalue weighted by atomic mass is 32.1. The maximum Gasteiger partial charge on any atom is 0.197 e. The van der Waals surface area contributed by atoms with Crippen molar-refractivity contribution in [1.29, 1.82) is 5.26 Å². The number of hydrazine groups is 1. The van der Waals surface area contributed by atoms with Gasteiger partial charge in [0, 0.05) is 24.2 Å². The number of nitrogens with zero attached hydrogens (tertiary/aromatic N) is 3. The Kier molecular flexibility index (Phi) is 5.19. The molecule has 1 aromatic heterocycles. The minimum absolute atomic E-state index is 0.0555. The Balaban J connectivity index is 2.53. The fourth-order valence-electron chi connectivity index (χ4n) is 1.40. The second kappa shape index (κ2) is 6.43. The molecule has 5 nitrogen and oxygen atoms in total. The standard InChI is InChI=1S/C10H17N5S/c1-3-15(6-8(2)4-11)7-9-5-13-10(14-12)16-9/h5,8H,3,6-7,12H2,1-2H3,(H,13,14). The van der Waals surface area contributed by atoms with Crippen LogP contribution >= 0.6 is 11.3 Å². The molecular formula is C10H17N5S. The number of nitrogens with two attached hydrogens (primary N) is 1. The second-order valence-corrected chi connectivity index (χ2v) is 4.75.